The molecule has 0 aliphatic heterocycles. The van der Waals surface area contributed by atoms with E-state index in [1.807, 2.05) is 34.9 Å². The van der Waals surface area contributed by atoms with Crippen molar-refractivity contribution in [3.05, 3.63) is 54.6 Å². The van der Waals surface area contributed by atoms with Crippen LogP contribution < -0.4 is 11.3 Å². The molecule has 1 aromatic heterocycles. The standard InChI is InChI=1S/C16H15N5O2S/c17-18-14(23)10-24-16-20-19-15(11-6-8-13(22)9-7-11)21(16)12-4-2-1-3-5-12/h1-9,22H,10,17H2,(H,18,23). The Hall–Kier alpha value is -2.84. The van der Waals surface area contributed by atoms with Crippen molar-refractivity contribution < 1.29 is 9.90 Å². The van der Waals surface area contributed by atoms with E-state index in [4.69, 9.17) is 5.84 Å². The predicted octanol–water partition coefficient (Wildman–Crippen LogP) is 1.72. The molecule has 24 heavy (non-hydrogen) atoms. The zero-order chi connectivity index (χ0) is 16.9. The molecule has 0 unspecified atom stereocenters. The lowest BCUT2D eigenvalue weighted by Crippen LogP contribution is -2.31. The van der Waals surface area contributed by atoms with E-state index in [0.717, 1.165) is 11.3 Å². The fourth-order valence-electron chi connectivity index (χ4n) is 2.14. The summed E-state index contributed by atoms with van der Waals surface area (Å²) in [6.07, 6.45) is 0. The zero-order valence-electron chi connectivity index (χ0n) is 12.6. The average Bonchev–Trinajstić information content (AvgIpc) is 3.05. The van der Waals surface area contributed by atoms with Gasteiger partial charge in [-0.2, -0.15) is 0 Å². The smallest absolute Gasteiger partial charge is 0.244 e. The van der Waals surface area contributed by atoms with E-state index in [2.05, 4.69) is 15.6 Å². The summed E-state index contributed by atoms with van der Waals surface area (Å²) in [6, 6.07) is 16.3. The Bertz CT molecular complexity index is 833. The largest absolute Gasteiger partial charge is 0.508 e. The number of nitrogens with zero attached hydrogens (tertiary/aromatic N) is 3. The maximum atomic E-state index is 11.4. The van der Waals surface area contributed by atoms with Gasteiger partial charge in [-0.3, -0.25) is 14.8 Å². The molecule has 122 valence electrons. The van der Waals surface area contributed by atoms with Crippen molar-refractivity contribution in [1.29, 1.82) is 0 Å². The number of benzene rings is 2. The summed E-state index contributed by atoms with van der Waals surface area (Å²) in [5.74, 6) is 5.76. The third-order valence-corrected chi connectivity index (χ3v) is 4.20. The van der Waals surface area contributed by atoms with E-state index >= 15 is 0 Å². The third kappa shape index (κ3) is 3.39. The van der Waals surface area contributed by atoms with Crippen LogP contribution in [0.2, 0.25) is 0 Å². The highest BCUT2D eigenvalue weighted by Crippen LogP contribution is 2.28. The molecule has 4 N–H and O–H groups in total. The highest BCUT2D eigenvalue weighted by Gasteiger charge is 2.17. The van der Waals surface area contributed by atoms with E-state index in [0.29, 0.717) is 11.0 Å². The number of aromatic nitrogens is 3. The molecule has 0 radical (unpaired) electrons. The molecule has 3 rings (SSSR count). The molecule has 0 spiro atoms. The van der Waals surface area contributed by atoms with Gasteiger partial charge in [-0.15, -0.1) is 10.2 Å². The van der Waals surface area contributed by atoms with Crippen molar-refractivity contribution in [3.8, 4) is 22.8 Å². The number of amides is 1. The highest BCUT2D eigenvalue weighted by molar-refractivity contribution is 7.99. The molecule has 0 aliphatic carbocycles. The summed E-state index contributed by atoms with van der Waals surface area (Å²) in [5, 5.41) is 18.5. The zero-order valence-corrected chi connectivity index (χ0v) is 13.4. The second-order valence-corrected chi connectivity index (χ2v) is 5.82. The molecule has 0 atom stereocenters. The summed E-state index contributed by atoms with van der Waals surface area (Å²) in [5.41, 5.74) is 3.78. The average molecular weight is 341 g/mol. The molecule has 0 aliphatic rings. The first-order valence-corrected chi connectivity index (χ1v) is 8.10. The highest BCUT2D eigenvalue weighted by atomic mass is 32.2. The number of carbonyl (C=O) groups excluding carboxylic acids is 1. The Balaban J connectivity index is 2.04. The molecule has 0 saturated carbocycles. The van der Waals surface area contributed by atoms with Gasteiger partial charge in [0.1, 0.15) is 5.75 Å². The van der Waals surface area contributed by atoms with Crippen molar-refractivity contribution in [3.63, 3.8) is 0 Å². The Labute approximate surface area is 142 Å². The number of nitrogens with one attached hydrogen (secondary N) is 1. The minimum atomic E-state index is -0.297. The van der Waals surface area contributed by atoms with E-state index in [1.165, 1.54) is 11.8 Å². The van der Waals surface area contributed by atoms with Crippen molar-refractivity contribution in [2.45, 2.75) is 5.16 Å². The normalized spacial score (nSPS) is 10.5. The fraction of sp³-hybridized carbons (Fsp3) is 0.0625. The number of hydrogen-bond acceptors (Lipinski definition) is 6. The number of para-hydroxylation sites is 1. The number of thioether (sulfide) groups is 1. The molecular formula is C16H15N5O2S. The summed E-state index contributed by atoms with van der Waals surface area (Å²) in [6.45, 7) is 0. The van der Waals surface area contributed by atoms with Crippen LogP contribution in [0.1, 0.15) is 0 Å². The summed E-state index contributed by atoms with van der Waals surface area (Å²) < 4.78 is 1.86. The monoisotopic (exact) mass is 341 g/mol. The molecule has 7 nitrogen and oxygen atoms in total. The summed E-state index contributed by atoms with van der Waals surface area (Å²) >= 11 is 1.24. The van der Waals surface area contributed by atoms with E-state index in [1.54, 1.807) is 24.3 Å². The molecule has 0 bridgehead atoms. The van der Waals surface area contributed by atoms with Crippen LogP contribution in [0.5, 0.6) is 5.75 Å². The Morgan fingerprint density at radius 3 is 2.50 bits per heavy atom. The first-order valence-electron chi connectivity index (χ1n) is 7.11. The summed E-state index contributed by atoms with van der Waals surface area (Å²) in [7, 11) is 0. The van der Waals surface area contributed by atoms with E-state index in [-0.39, 0.29) is 17.4 Å². The molecule has 0 fully saturated rings. The van der Waals surface area contributed by atoms with Gasteiger partial charge in [-0.1, -0.05) is 30.0 Å². The number of carbonyl (C=O) groups is 1. The van der Waals surface area contributed by atoms with Crippen LogP contribution in [0.15, 0.2) is 59.8 Å². The Morgan fingerprint density at radius 2 is 1.83 bits per heavy atom. The molecule has 8 heteroatoms. The molecule has 2 aromatic carbocycles. The lowest BCUT2D eigenvalue weighted by molar-refractivity contribution is -0.118. The third-order valence-electron chi connectivity index (χ3n) is 3.27. The van der Waals surface area contributed by atoms with E-state index in [9.17, 15) is 9.90 Å². The van der Waals surface area contributed by atoms with Crippen LogP contribution in [-0.4, -0.2) is 31.5 Å². The maximum Gasteiger partial charge on any atom is 0.244 e. The second-order valence-electron chi connectivity index (χ2n) is 4.88. The maximum absolute atomic E-state index is 11.4. The van der Waals surface area contributed by atoms with Gasteiger partial charge in [0.25, 0.3) is 0 Å². The number of aromatic hydroxyl groups is 1. The SMILES string of the molecule is NNC(=O)CSc1nnc(-c2ccc(O)cc2)n1-c1ccccc1. The second kappa shape index (κ2) is 7.16. The minimum absolute atomic E-state index is 0.136. The molecule has 0 saturated heterocycles. The quantitative estimate of drug-likeness (QED) is 0.282. The van der Waals surface area contributed by atoms with Gasteiger partial charge < -0.3 is 5.11 Å². The molecular weight excluding hydrogens is 326 g/mol. The van der Waals surface area contributed by atoms with Crippen LogP contribution in [0.3, 0.4) is 0 Å². The molecule has 1 amide bonds. The first kappa shape index (κ1) is 16.0. The van der Waals surface area contributed by atoms with Crippen LogP contribution >= 0.6 is 11.8 Å². The van der Waals surface area contributed by atoms with Gasteiger partial charge in [0.15, 0.2) is 11.0 Å². The first-order chi connectivity index (χ1) is 11.7. The molecule has 3 aromatic rings. The number of hydrazine groups is 1. The Morgan fingerprint density at radius 1 is 1.12 bits per heavy atom. The summed E-state index contributed by atoms with van der Waals surface area (Å²) in [4.78, 5) is 11.4. The number of hydrogen-bond donors (Lipinski definition) is 3. The van der Waals surface area contributed by atoms with Gasteiger partial charge >= 0.3 is 0 Å². The van der Waals surface area contributed by atoms with Crippen molar-refractivity contribution >= 4 is 17.7 Å². The number of phenols is 1. The predicted molar refractivity (Wildman–Crippen MR) is 91.5 cm³/mol. The van der Waals surface area contributed by atoms with Gasteiger partial charge in [0.2, 0.25) is 5.91 Å². The lowest BCUT2D eigenvalue weighted by Gasteiger charge is -2.10. The van der Waals surface area contributed by atoms with Crippen molar-refractivity contribution in [2.75, 3.05) is 5.75 Å². The van der Waals surface area contributed by atoms with Gasteiger partial charge in [-0.05, 0) is 36.4 Å². The number of phenolic OH excluding ortho intramolecular Hbond substituents is 1. The molecule has 1 heterocycles. The lowest BCUT2D eigenvalue weighted by atomic mass is 10.2. The fourth-order valence-corrected chi connectivity index (χ4v) is 2.91. The minimum Gasteiger partial charge on any atom is -0.508 e. The van der Waals surface area contributed by atoms with Crippen LogP contribution in [0, 0.1) is 0 Å². The Kier molecular flexibility index (Phi) is 4.78. The van der Waals surface area contributed by atoms with Gasteiger partial charge in [0, 0.05) is 11.3 Å². The number of rotatable bonds is 5. The van der Waals surface area contributed by atoms with Crippen LogP contribution in [0.25, 0.3) is 17.1 Å². The van der Waals surface area contributed by atoms with Crippen LogP contribution in [-0.2, 0) is 4.79 Å². The number of nitrogens with two attached hydrogens (primary N) is 1. The van der Waals surface area contributed by atoms with Gasteiger partial charge in [-0.25, -0.2) is 5.84 Å². The van der Waals surface area contributed by atoms with Crippen molar-refractivity contribution in [1.82, 2.24) is 20.2 Å². The van der Waals surface area contributed by atoms with E-state index < -0.39 is 0 Å². The van der Waals surface area contributed by atoms with Crippen LogP contribution in [0.4, 0.5) is 0 Å². The van der Waals surface area contributed by atoms with Crippen molar-refractivity contribution in [2.24, 2.45) is 5.84 Å². The van der Waals surface area contributed by atoms with Gasteiger partial charge in [0.05, 0.1) is 5.75 Å². The topological polar surface area (TPSA) is 106 Å².